The first-order valence-electron chi connectivity index (χ1n) is 6.78. The van der Waals surface area contributed by atoms with Crippen molar-refractivity contribution < 1.29 is 4.74 Å². The third-order valence-electron chi connectivity index (χ3n) is 2.91. The Hall–Kier alpha value is -2.23. The number of anilines is 2. The van der Waals surface area contributed by atoms with Gasteiger partial charge in [-0.25, -0.2) is 4.98 Å². The minimum atomic E-state index is 0.687. The molecule has 0 aliphatic carbocycles. The van der Waals surface area contributed by atoms with Gasteiger partial charge in [0.05, 0.1) is 18.5 Å². The lowest BCUT2D eigenvalue weighted by atomic mass is 10.2. The van der Waals surface area contributed by atoms with Crippen LogP contribution in [0.5, 0.6) is 5.75 Å². The van der Waals surface area contributed by atoms with Gasteiger partial charge in [0.1, 0.15) is 11.6 Å². The van der Waals surface area contributed by atoms with Crippen LogP contribution < -0.4 is 15.0 Å². The fraction of sp³-hybridized carbons (Fsp3) is 0.312. The smallest absolute Gasteiger partial charge is 0.128 e. The largest absolute Gasteiger partial charge is 0.494 e. The van der Waals surface area contributed by atoms with E-state index in [0.29, 0.717) is 6.61 Å². The quantitative estimate of drug-likeness (QED) is 0.875. The molecule has 0 saturated carbocycles. The summed E-state index contributed by atoms with van der Waals surface area (Å²) in [4.78, 5) is 6.36. The molecule has 0 saturated heterocycles. The molecule has 1 heterocycles. The zero-order valence-corrected chi connectivity index (χ0v) is 12.3. The molecule has 106 valence electrons. The van der Waals surface area contributed by atoms with Crippen LogP contribution in [0.25, 0.3) is 0 Å². The number of pyridine rings is 1. The monoisotopic (exact) mass is 271 g/mol. The Balaban J connectivity index is 1.96. The first-order valence-corrected chi connectivity index (χ1v) is 6.78. The van der Waals surface area contributed by atoms with Gasteiger partial charge in [0.25, 0.3) is 0 Å². The van der Waals surface area contributed by atoms with Gasteiger partial charge in [-0.1, -0.05) is 12.1 Å². The molecule has 0 aliphatic rings. The third-order valence-corrected chi connectivity index (χ3v) is 2.91. The molecule has 0 fully saturated rings. The summed E-state index contributed by atoms with van der Waals surface area (Å²) in [6.45, 7) is 3.43. The summed E-state index contributed by atoms with van der Waals surface area (Å²) >= 11 is 0. The number of hydrogen-bond acceptors (Lipinski definition) is 4. The third kappa shape index (κ3) is 3.88. The lowest BCUT2D eigenvalue weighted by molar-refractivity contribution is 0.340. The highest BCUT2D eigenvalue weighted by Gasteiger charge is 1.99. The van der Waals surface area contributed by atoms with Crippen molar-refractivity contribution in [1.82, 2.24) is 4.98 Å². The van der Waals surface area contributed by atoms with Gasteiger partial charge in [0.15, 0.2) is 0 Å². The van der Waals surface area contributed by atoms with Crippen molar-refractivity contribution in [3.63, 3.8) is 0 Å². The summed E-state index contributed by atoms with van der Waals surface area (Å²) in [6, 6.07) is 12.2. The van der Waals surface area contributed by atoms with E-state index in [9.17, 15) is 0 Å². The lowest BCUT2D eigenvalue weighted by Crippen LogP contribution is -2.10. The predicted octanol–water partition coefficient (Wildman–Crippen LogP) is 3.16. The maximum absolute atomic E-state index is 5.49. The van der Waals surface area contributed by atoms with E-state index in [0.717, 1.165) is 23.8 Å². The summed E-state index contributed by atoms with van der Waals surface area (Å²) in [7, 11) is 3.96. The maximum Gasteiger partial charge on any atom is 0.128 e. The van der Waals surface area contributed by atoms with Crippen LogP contribution in [-0.4, -0.2) is 25.7 Å². The molecule has 0 radical (unpaired) electrons. The summed E-state index contributed by atoms with van der Waals surface area (Å²) < 4.78 is 5.49. The molecule has 0 bridgehead atoms. The summed E-state index contributed by atoms with van der Waals surface area (Å²) in [5.41, 5.74) is 2.20. The van der Waals surface area contributed by atoms with Crippen molar-refractivity contribution >= 4 is 11.5 Å². The highest BCUT2D eigenvalue weighted by molar-refractivity contribution is 5.48. The number of benzene rings is 1. The van der Waals surface area contributed by atoms with E-state index >= 15 is 0 Å². The Morgan fingerprint density at radius 1 is 1.20 bits per heavy atom. The van der Waals surface area contributed by atoms with Crippen molar-refractivity contribution in [2.45, 2.75) is 13.5 Å². The molecule has 4 heteroatoms. The van der Waals surface area contributed by atoms with Gasteiger partial charge in [-0.15, -0.1) is 0 Å². The van der Waals surface area contributed by atoms with Crippen LogP contribution in [0.15, 0.2) is 42.6 Å². The second kappa shape index (κ2) is 6.80. The van der Waals surface area contributed by atoms with Gasteiger partial charge < -0.3 is 15.0 Å². The standard InChI is InChI=1S/C16H21N3O/c1-4-20-15-7-5-6-13(10-15)11-17-14-8-9-16(18-12-14)19(2)3/h5-10,12,17H,4,11H2,1-3H3. The van der Waals surface area contributed by atoms with Crippen molar-refractivity contribution in [2.75, 3.05) is 30.9 Å². The molecule has 20 heavy (non-hydrogen) atoms. The fourth-order valence-electron chi connectivity index (χ4n) is 1.87. The lowest BCUT2D eigenvalue weighted by Gasteiger charge is -2.12. The van der Waals surface area contributed by atoms with Crippen LogP contribution in [0.2, 0.25) is 0 Å². The van der Waals surface area contributed by atoms with Crippen molar-refractivity contribution in [3.05, 3.63) is 48.2 Å². The number of aromatic nitrogens is 1. The summed E-state index contributed by atoms with van der Waals surface area (Å²) in [6.07, 6.45) is 1.85. The molecule has 0 amide bonds. The van der Waals surface area contributed by atoms with Crippen LogP contribution in [-0.2, 0) is 6.54 Å². The number of ether oxygens (including phenoxy) is 1. The van der Waals surface area contributed by atoms with E-state index in [4.69, 9.17) is 4.74 Å². The topological polar surface area (TPSA) is 37.4 Å². The first-order chi connectivity index (χ1) is 9.69. The normalized spacial score (nSPS) is 10.2. The summed E-state index contributed by atoms with van der Waals surface area (Å²) in [5.74, 6) is 1.86. The zero-order chi connectivity index (χ0) is 14.4. The zero-order valence-electron chi connectivity index (χ0n) is 12.3. The van der Waals surface area contributed by atoms with E-state index in [1.54, 1.807) is 0 Å². The molecule has 0 unspecified atom stereocenters. The van der Waals surface area contributed by atoms with Crippen LogP contribution in [0.4, 0.5) is 11.5 Å². The van der Waals surface area contributed by atoms with E-state index in [1.807, 2.05) is 56.4 Å². The average Bonchev–Trinajstić information content (AvgIpc) is 2.46. The van der Waals surface area contributed by atoms with Crippen LogP contribution in [0.1, 0.15) is 12.5 Å². The molecule has 1 aromatic carbocycles. The Morgan fingerprint density at radius 3 is 2.70 bits per heavy atom. The number of rotatable bonds is 6. The molecule has 0 aliphatic heterocycles. The first kappa shape index (κ1) is 14.2. The Labute approximate surface area is 120 Å². The van der Waals surface area contributed by atoms with Crippen LogP contribution in [0.3, 0.4) is 0 Å². The van der Waals surface area contributed by atoms with Gasteiger partial charge in [-0.2, -0.15) is 0 Å². The molecule has 2 rings (SSSR count). The van der Waals surface area contributed by atoms with E-state index in [2.05, 4.69) is 22.4 Å². The van der Waals surface area contributed by atoms with E-state index < -0.39 is 0 Å². The Kier molecular flexibility index (Phi) is 4.82. The minimum Gasteiger partial charge on any atom is -0.494 e. The molecule has 2 aromatic rings. The second-order valence-electron chi connectivity index (χ2n) is 4.73. The van der Waals surface area contributed by atoms with Crippen molar-refractivity contribution in [2.24, 2.45) is 0 Å². The number of nitrogens with one attached hydrogen (secondary N) is 1. The highest BCUT2D eigenvalue weighted by Crippen LogP contribution is 2.16. The number of nitrogens with zero attached hydrogens (tertiary/aromatic N) is 2. The van der Waals surface area contributed by atoms with Gasteiger partial charge in [0, 0.05) is 20.6 Å². The fourth-order valence-corrected chi connectivity index (χ4v) is 1.87. The molecular weight excluding hydrogens is 250 g/mol. The molecule has 1 aromatic heterocycles. The van der Waals surface area contributed by atoms with E-state index in [-0.39, 0.29) is 0 Å². The van der Waals surface area contributed by atoms with Gasteiger partial charge >= 0.3 is 0 Å². The highest BCUT2D eigenvalue weighted by atomic mass is 16.5. The van der Waals surface area contributed by atoms with Crippen LogP contribution >= 0.6 is 0 Å². The van der Waals surface area contributed by atoms with Gasteiger partial charge in [-0.3, -0.25) is 0 Å². The minimum absolute atomic E-state index is 0.687. The van der Waals surface area contributed by atoms with Crippen LogP contribution in [0, 0.1) is 0 Å². The Bertz CT molecular complexity index is 538. The van der Waals surface area contributed by atoms with Crippen molar-refractivity contribution in [3.8, 4) is 5.75 Å². The molecule has 0 spiro atoms. The summed E-state index contributed by atoms with van der Waals surface area (Å²) in [5, 5.41) is 3.36. The Morgan fingerprint density at radius 2 is 2.05 bits per heavy atom. The average molecular weight is 271 g/mol. The van der Waals surface area contributed by atoms with Gasteiger partial charge in [-0.05, 0) is 36.8 Å². The SMILES string of the molecule is CCOc1cccc(CNc2ccc(N(C)C)nc2)c1. The van der Waals surface area contributed by atoms with Crippen molar-refractivity contribution in [1.29, 1.82) is 0 Å². The number of hydrogen-bond donors (Lipinski definition) is 1. The molecular formula is C16H21N3O. The van der Waals surface area contributed by atoms with Gasteiger partial charge in [0.2, 0.25) is 0 Å². The second-order valence-corrected chi connectivity index (χ2v) is 4.73. The molecule has 1 N–H and O–H groups in total. The predicted molar refractivity (Wildman–Crippen MR) is 83.5 cm³/mol. The van der Waals surface area contributed by atoms with E-state index in [1.165, 1.54) is 5.56 Å². The maximum atomic E-state index is 5.49. The molecule has 4 nitrogen and oxygen atoms in total. The molecule has 0 atom stereocenters.